The van der Waals surface area contributed by atoms with Crippen molar-refractivity contribution in [2.75, 3.05) is 5.32 Å². The Kier molecular flexibility index (Phi) is 5.02. The average molecular weight is 482 g/mol. The number of nitrogens with one attached hydrogen (secondary N) is 2. The number of hydrogen-bond donors (Lipinski definition) is 2. The van der Waals surface area contributed by atoms with Crippen molar-refractivity contribution in [2.45, 2.75) is 50.3 Å². The molecule has 8 nitrogen and oxygen atoms in total. The highest BCUT2D eigenvalue weighted by Gasteiger charge is 2.44. The lowest BCUT2D eigenvalue weighted by molar-refractivity contribution is 0.177. The largest absolute Gasteiger partial charge is 0.474 e. The van der Waals surface area contributed by atoms with E-state index in [0.29, 0.717) is 34.1 Å². The van der Waals surface area contributed by atoms with Gasteiger partial charge in [0.1, 0.15) is 11.9 Å². The molecule has 2 fully saturated rings. The number of pyridine rings is 1. The van der Waals surface area contributed by atoms with Crippen LogP contribution in [0.2, 0.25) is 5.02 Å². The van der Waals surface area contributed by atoms with Gasteiger partial charge in [0.15, 0.2) is 0 Å². The quantitative estimate of drug-likeness (QED) is 0.573. The number of anilines is 1. The van der Waals surface area contributed by atoms with E-state index in [9.17, 15) is 9.59 Å². The molecule has 0 unspecified atom stereocenters. The van der Waals surface area contributed by atoms with Crippen molar-refractivity contribution in [3.05, 3.63) is 69.0 Å². The zero-order valence-electron chi connectivity index (χ0n) is 18.1. The van der Waals surface area contributed by atoms with E-state index in [1.165, 1.54) is 12.1 Å². The first-order chi connectivity index (χ1) is 16.5. The number of urea groups is 1. The molecule has 2 N–H and O–H groups in total. The molecule has 2 aliphatic heterocycles. The molecule has 3 aromatic rings. The van der Waals surface area contributed by atoms with E-state index in [1.54, 1.807) is 29.3 Å². The van der Waals surface area contributed by atoms with Crippen LogP contribution in [0.3, 0.4) is 0 Å². The number of fused-ring (bicyclic) bond motifs is 4. The van der Waals surface area contributed by atoms with Crippen LogP contribution >= 0.6 is 11.6 Å². The van der Waals surface area contributed by atoms with Gasteiger partial charge in [-0.2, -0.15) is 5.10 Å². The number of amides is 2. The van der Waals surface area contributed by atoms with Crippen LogP contribution in [0.4, 0.5) is 14.9 Å². The fourth-order valence-electron chi connectivity index (χ4n) is 4.83. The van der Waals surface area contributed by atoms with Crippen LogP contribution in [0.1, 0.15) is 43.0 Å². The minimum Gasteiger partial charge on any atom is -0.474 e. The molecule has 2 aromatic heterocycles. The molecule has 1 saturated heterocycles. The van der Waals surface area contributed by atoms with Crippen LogP contribution in [0.15, 0.2) is 41.3 Å². The number of rotatable bonds is 4. The van der Waals surface area contributed by atoms with Crippen LogP contribution < -0.4 is 15.6 Å². The van der Waals surface area contributed by atoms with Gasteiger partial charge < -0.3 is 15.0 Å². The molecule has 3 aliphatic rings. The highest BCUT2D eigenvalue weighted by atomic mass is 35.5. The molecule has 1 aromatic carbocycles. The van der Waals surface area contributed by atoms with Gasteiger partial charge >= 0.3 is 6.03 Å². The predicted octanol–water partition coefficient (Wildman–Crippen LogP) is 4.46. The minimum absolute atomic E-state index is 0.0000193. The molecule has 0 radical (unpaired) electrons. The van der Waals surface area contributed by atoms with Gasteiger partial charge in [0, 0.05) is 35.5 Å². The summed E-state index contributed by atoms with van der Waals surface area (Å²) in [5.74, 6) is -0.0682. The van der Waals surface area contributed by atoms with Crippen LogP contribution in [-0.4, -0.2) is 38.3 Å². The maximum atomic E-state index is 15.0. The summed E-state index contributed by atoms with van der Waals surface area (Å²) in [5, 5.41) is 9.59. The molecule has 1 saturated carbocycles. The first-order valence-electron chi connectivity index (χ1n) is 11.3. The van der Waals surface area contributed by atoms with Gasteiger partial charge in [-0.15, -0.1) is 0 Å². The van der Waals surface area contributed by atoms with Crippen LogP contribution in [0, 0.1) is 5.82 Å². The smallest absolute Gasteiger partial charge is 0.322 e. The summed E-state index contributed by atoms with van der Waals surface area (Å²) in [6, 6.07) is 7.02. The molecule has 0 spiro atoms. The summed E-state index contributed by atoms with van der Waals surface area (Å²) in [6.07, 6.45) is 5.98. The van der Waals surface area contributed by atoms with Crippen molar-refractivity contribution in [1.29, 1.82) is 0 Å². The second-order valence-corrected chi connectivity index (χ2v) is 9.35. The predicted molar refractivity (Wildman–Crippen MR) is 123 cm³/mol. The fraction of sp³-hybridized carbons (Fsp3) is 0.333. The van der Waals surface area contributed by atoms with Gasteiger partial charge in [0.25, 0.3) is 5.56 Å². The number of aromatic amines is 1. The van der Waals surface area contributed by atoms with E-state index in [-0.39, 0.29) is 29.4 Å². The van der Waals surface area contributed by atoms with Gasteiger partial charge in [-0.25, -0.2) is 19.3 Å². The second-order valence-electron chi connectivity index (χ2n) is 8.95. The van der Waals surface area contributed by atoms with Gasteiger partial charge in [-0.3, -0.25) is 4.79 Å². The number of ether oxygens (including phenoxy) is 1. The third-order valence-electron chi connectivity index (χ3n) is 6.59. The summed E-state index contributed by atoms with van der Waals surface area (Å²) in [5.41, 5.74) is 2.42. The van der Waals surface area contributed by atoms with E-state index in [2.05, 4.69) is 20.5 Å². The second kappa shape index (κ2) is 8.09. The third kappa shape index (κ3) is 3.79. The Balaban J connectivity index is 1.22. The lowest BCUT2D eigenvalue weighted by Crippen LogP contribution is -2.45. The number of halogens is 2. The molecule has 2 bridgehead atoms. The van der Waals surface area contributed by atoms with E-state index in [4.69, 9.17) is 16.3 Å². The van der Waals surface area contributed by atoms with E-state index < -0.39 is 11.8 Å². The Morgan fingerprint density at radius 1 is 1.21 bits per heavy atom. The lowest BCUT2D eigenvalue weighted by Gasteiger charge is -2.35. The Labute approximate surface area is 199 Å². The zero-order chi connectivity index (χ0) is 23.4. The number of hydrogen-bond acceptors (Lipinski definition) is 5. The number of nitrogens with zero attached hydrogens (tertiary/aromatic N) is 3. The van der Waals surface area contributed by atoms with E-state index >= 15 is 4.39 Å². The van der Waals surface area contributed by atoms with Crippen molar-refractivity contribution >= 4 is 23.3 Å². The van der Waals surface area contributed by atoms with E-state index in [1.807, 2.05) is 0 Å². The molecule has 34 heavy (non-hydrogen) atoms. The summed E-state index contributed by atoms with van der Waals surface area (Å²) in [7, 11) is 0. The van der Waals surface area contributed by atoms with Crippen molar-refractivity contribution in [3.63, 3.8) is 0 Å². The Bertz CT molecular complexity index is 1340. The standard InChI is InChI=1S/C24H21ClFN5O3/c25-17-10-19(18(26)9-16(17)12-1-6-22(27-11-12)34-15-3-4-15)28-24(33)31-14-2-5-20(31)23-13(7-14)8-21(32)29-30-23/h1,6,8-11,14-15,20H,2-5,7H2,(H,28,33)(H,29,32)/t14-,20+/m0/s1. The summed E-state index contributed by atoms with van der Waals surface area (Å²) < 4.78 is 20.7. The Morgan fingerprint density at radius 3 is 2.82 bits per heavy atom. The highest BCUT2D eigenvalue weighted by Crippen LogP contribution is 2.43. The summed E-state index contributed by atoms with van der Waals surface area (Å²) in [4.78, 5) is 30.7. The number of aromatic nitrogens is 3. The number of carbonyl (C=O) groups is 1. The first-order valence-corrected chi connectivity index (χ1v) is 11.6. The molecular formula is C24H21ClFN5O3. The van der Waals surface area contributed by atoms with Gasteiger partial charge in [-0.1, -0.05) is 11.6 Å². The molecular weight excluding hydrogens is 461 g/mol. The summed E-state index contributed by atoms with van der Waals surface area (Å²) in [6.45, 7) is 0. The van der Waals surface area contributed by atoms with Crippen molar-refractivity contribution in [1.82, 2.24) is 20.1 Å². The van der Waals surface area contributed by atoms with Gasteiger partial charge in [-0.05, 0) is 55.9 Å². The normalized spacial score (nSPS) is 20.7. The maximum Gasteiger partial charge on any atom is 0.322 e. The molecule has 1 aliphatic carbocycles. The lowest BCUT2D eigenvalue weighted by atomic mass is 9.99. The van der Waals surface area contributed by atoms with Crippen molar-refractivity contribution in [3.8, 4) is 17.0 Å². The fourth-order valence-corrected chi connectivity index (χ4v) is 5.10. The maximum absolute atomic E-state index is 15.0. The Morgan fingerprint density at radius 2 is 2.06 bits per heavy atom. The topological polar surface area (TPSA) is 100 Å². The first kappa shape index (κ1) is 21.1. The molecule has 6 rings (SSSR count). The summed E-state index contributed by atoms with van der Waals surface area (Å²) >= 11 is 6.46. The van der Waals surface area contributed by atoms with Crippen molar-refractivity contribution < 1.29 is 13.9 Å². The SMILES string of the molecule is O=C(Nc1cc(Cl)c(-c2ccc(OC3CC3)nc2)cc1F)N1[C@H]2CC[C@@H]1c1n[nH]c(=O)cc1C2. The number of benzene rings is 1. The number of carbonyl (C=O) groups excluding carboxylic acids is 1. The monoisotopic (exact) mass is 481 g/mol. The van der Waals surface area contributed by atoms with Crippen LogP contribution in [0.5, 0.6) is 5.88 Å². The van der Waals surface area contributed by atoms with Crippen LogP contribution in [-0.2, 0) is 6.42 Å². The molecule has 4 heterocycles. The van der Waals surface area contributed by atoms with Gasteiger partial charge in [0.05, 0.1) is 22.4 Å². The molecule has 2 atom stereocenters. The zero-order valence-corrected chi connectivity index (χ0v) is 18.8. The Hall–Kier alpha value is -3.46. The van der Waals surface area contributed by atoms with E-state index in [0.717, 1.165) is 31.2 Å². The molecule has 10 heteroatoms. The van der Waals surface area contributed by atoms with Crippen molar-refractivity contribution in [2.24, 2.45) is 0 Å². The molecule has 2 amide bonds. The number of H-pyrrole nitrogens is 1. The van der Waals surface area contributed by atoms with Crippen LogP contribution in [0.25, 0.3) is 11.1 Å². The highest BCUT2D eigenvalue weighted by molar-refractivity contribution is 6.33. The van der Waals surface area contributed by atoms with Gasteiger partial charge in [0.2, 0.25) is 5.88 Å². The third-order valence-corrected chi connectivity index (χ3v) is 6.90. The molecule has 174 valence electrons. The minimum atomic E-state index is -0.599. The average Bonchev–Trinajstić information content (AvgIpc) is 3.57.